The Balaban J connectivity index is 2.53. The third kappa shape index (κ3) is 4.45. The van der Waals surface area contributed by atoms with Gasteiger partial charge in [-0.05, 0) is 30.3 Å². The summed E-state index contributed by atoms with van der Waals surface area (Å²) in [7, 11) is 1.28. The van der Waals surface area contributed by atoms with Gasteiger partial charge < -0.3 is 18.6 Å². The molecule has 1 aromatic heterocycles. The SMILES string of the molecule is COC(=O)C(C(=O)OC)C1c2ccc(CO[Si](C)(C)C(C)(C)C)n2C(=O)[C@H]1C(=O)OC. The smallest absolute Gasteiger partial charge is 0.320 e. The summed E-state index contributed by atoms with van der Waals surface area (Å²) in [5, 5.41) is -0.0323. The maximum atomic E-state index is 13.3. The topological polar surface area (TPSA) is 110 Å². The fraction of sp³-hybridized carbons (Fsp3) is 0.619. The molecule has 0 fully saturated rings. The molecular weight excluding hydrogens is 422 g/mol. The quantitative estimate of drug-likeness (QED) is 0.268. The molecule has 0 spiro atoms. The standard InChI is InChI=1S/C21H31NO8Si/c1-21(2,3)31(7,8)30-11-12-9-10-13-14(16(19(25)28-5)20(26)29-6)15(18(24)27-4)17(23)22(12)13/h9-10,14-16H,11H2,1-8H3/t14?,15-/m0/s1. The van der Waals surface area contributed by atoms with Gasteiger partial charge >= 0.3 is 17.9 Å². The number of methoxy groups -OCH3 is 3. The van der Waals surface area contributed by atoms with Crippen LogP contribution < -0.4 is 0 Å². The second-order valence-electron chi connectivity index (χ2n) is 9.02. The number of nitrogens with zero attached hydrogens (tertiary/aromatic N) is 1. The predicted octanol–water partition coefficient (Wildman–Crippen LogP) is 2.50. The lowest BCUT2D eigenvalue weighted by atomic mass is 9.81. The molecule has 0 aromatic carbocycles. The van der Waals surface area contributed by atoms with Gasteiger partial charge in [-0.25, -0.2) is 0 Å². The molecule has 0 aliphatic carbocycles. The normalized spacial score (nSPS) is 18.7. The Morgan fingerprint density at radius 1 is 1.03 bits per heavy atom. The summed E-state index contributed by atoms with van der Waals surface area (Å²) >= 11 is 0. The first-order valence-electron chi connectivity index (χ1n) is 9.94. The Bertz CT molecular complexity index is 866. The van der Waals surface area contributed by atoms with Gasteiger partial charge in [0, 0.05) is 11.6 Å². The molecule has 0 saturated heterocycles. The Kier molecular flexibility index (Phi) is 7.16. The Labute approximate surface area is 183 Å². The molecular formula is C21H31NO8Si. The number of fused-ring (bicyclic) bond motifs is 1. The highest BCUT2D eigenvalue weighted by atomic mass is 28.4. The van der Waals surface area contributed by atoms with Crippen LogP contribution in [0.15, 0.2) is 12.1 Å². The van der Waals surface area contributed by atoms with E-state index in [-0.39, 0.29) is 11.6 Å². The number of carbonyl (C=O) groups excluding carboxylic acids is 4. The summed E-state index contributed by atoms with van der Waals surface area (Å²) < 4.78 is 21.9. The van der Waals surface area contributed by atoms with E-state index < -0.39 is 49.9 Å². The maximum Gasteiger partial charge on any atom is 0.320 e. The summed E-state index contributed by atoms with van der Waals surface area (Å²) in [6.07, 6.45) is 0. The third-order valence-corrected chi connectivity index (χ3v) is 10.8. The molecule has 2 heterocycles. The van der Waals surface area contributed by atoms with Crippen molar-refractivity contribution >= 4 is 32.1 Å². The molecule has 0 saturated carbocycles. The number of hydrogen-bond donors (Lipinski definition) is 0. The van der Waals surface area contributed by atoms with Crippen LogP contribution in [0.5, 0.6) is 0 Å². The van der Waals surface area contributed by atoms with E-state index >= 15 is 0 Å². The van der Waals surface area contributed by atoms with E-state index in [1.165, 1.54) is 4.57 Å². The van der Waals surface area contributed by atoms with Crippen LogP contribution in [0.3, 0.4) is 0 Å². The van der Waals surface area contributed by atoms with Crippen molar-refractivity contribution < 1.29 is 37.8 Å². The average molecular weight is 454 g/mol. The molecule has 31 heavy (non-hydrogen) atoms. The summed E-state index contributed by atoms with van der Waals surface area (Å²) in [5.41, 5.74) is 0.879. The van der Waals surface area contributed by atoms with Crippen LogP contribution in [0, 0.1) is 11.8 Å². The summed E-state index contributed by atoms with van der Waals surface area (Å²) in [6, 6.07) is 3.32. The first kappa shape index (κ1) is 24.8. The fourth-order valence-electron chi connectivity index (χ4n) is 3.45. The van der Waals surface area contributed by atoms with Crippen LogP contribution >= 0.6 is 0 Å². The zero-order valence-corrected chi connectivity index (χ0v) is 20.3. The highest BCUT2D eigenvalue weighted by molar-refractivity contribution is 6.74. The van der Waals surface area contributed by atoms with E-state index in [0.29, 0.717) is 11.4 Å². The molecule has 1 aliphatic heterocycles. The van der Waals surface area contributed by atoms with E-state index in [9.17, 15) is 19.2 Å². The van der Waals surface area contributed by atoms with Gasteiger partial charge in [0.2, 0.25) is 5.91 Å². The van der Waals surface area contributed by atoms with E-state index in [2.05, 4.69) is 33.9 Å². The molecule has 0 bridgehead atoms. The monoisotopic (exact) mass is 453 g/mol. The molecule has 1 aromatic rings. The first-order chi connectivity index (χ1) is 14.3. The zero-order chi connectivity index (χ0) is 23.7. The maximum absolute atomic E-state index is 13.3. The Hall–Kier alpha value is -2.46. The number of esters is 3. The van der Waals surface area contributed by atoms with Crippen LogP contribution in [0.4, 0.5) is 0 Å². The molecule has 9 nitrogen and oxygen atoms in total. The highest BCUT2D eigenvalue weighted by Gasteiger charge is 2.54. The lowest BCUT2D eigenvalue weighted by Crippen LogP contribution is -2.40. The second kappa shape index (κ2) is 8.95. The minimum atomic E-state index is -2.11. The predicted molar refractivity (Wildman–Crippen MR) is 113 cm³/mol. The third-order valence-electron chi connectivity index (χ3n) is 6.29. The van der Waals surface area contributed by atoms with Crippen LogP contribution in [-0.2, 0) is 39.6 Å². The van der Waals surface area contributed by atoms with Gasteiger partial charge in [-0.3, -0.25) is 23.7 Å². The van der Waals surface area contributed by atoms with E-state index in [4.69, 9.17) is 18.6 Å². The van der Waals surface area contributed by atoms with Gasteiger partial charge in [-0.15, -0.1) is 0 Å². The molecule has 2 rings (SSSR count). The molecule has 2 atom stereocenters. The van der Waals surface area contributed by atoms with E-state index in [0.717, 1.165) is 21.3 Å². The number of hydrogen-bond acceptors (Lipinski definition) is 8. The minimum Gasteiger partial charge on any atom is -0.468 e. The van der Waals surface area contributed by atoms with Crippen molar-refractivity contribution in [2.24, 2.45) is 11.8 Å². The van der Waals surface area contributed by atoms with Crippen LogP contribution in [0.25, 0.3) is 0 Å². The van der Waals surface area contributed by atoms with Crippen molar-refractivity contribution in [1.82, 2.24) is 4.57 Å². The molecule has 0 N–H and O–H groups in total. The first-order valence-corrected chi connectivity index (χ1v) is 12.8. The van der Waals surface area contributed by atoms with Gasteiger partial charge in [0.05, 0.1) is 33.6 Å². The van der Waals surface area contributed by atoms with Gasteiger partial charge in [0.25, 0.3) is 0 Å². The minimum absolute atomic E-state index is 0.0323. The van der Waals surface area contributed by atoms with Crippen molar-refractivity contribution in [1.29, 1.82) is 0 Å². The zero-order valence-electron chi connectivity index (χ0n) is 19.3. The number of rotatable bonds is 7. The van der Waals surface area contributed by atoms with Gasteiger partial charge in [-0.1, -0.05) is 20.8 Å². The Morgan fingerprint density at radius 2 is 1.58 bits per heavy atom. The van der Waals surface area contributed by atoms with Crippen LogP contribution in [-0.4, -0.2) is 58.0 Å². The van der Waals surface area contributed by atoms with Crippen LogP contribution in [0.1, 0.15) is 42.9 Å². The highest BCUT2D eigenvalue weighted by Crippen LogP contribution is 2.43. The molecule has 10 heteroatoms. The van der Waals surface area contributed by atoms with Crippen molar-refractivity contribution in [2.75, 3.05) is 21.3 Å². The summed E-state index contributed by atoms with van der Waals surface area (Å²) in [5.74, 6) is -7.19. The van der Waals surface area contributed by atoms with Crippen molar-refractivity contribution in [3.8, 4) is 0 Å². The van der Waals surface area contributed by atoms with Gasteiger partial charge in [-0.2, -0.15) is 0 Å². The molecule has 0 radical (unpaired) electrons. The average Bonchev–Trinajstić information content (AvgIpc) is 3.24. The lowest BCUT2D eigenvalue weighted by Gasteiger charge is -2.36. The van der Waals surface area contributed by atoms with Crippen LogP contribution in [0.2, 0.25) is 18.1 Å². The molecule has 1 aliphatic rings. The van der Waals surface area contributed by atoms with E-state index in [1.54, 1.807) is 12.1 Å². The van der Waals surface area contributed by atoms with E-state index in [1.807, 2.05) is 0 Å². The number of aromatic nitrogens is 1. The second-order valence-corrected chi connectivity index (χ2v) is 13.8. The van der Waals surface area contributed by atoms with Crippen molar-refractivity contribution in [3.05, 3.63) is 23.5 Å². The largest absolute Gasteiger partial charge is 0.468 e. The van der Waals surface area contributed by atoms with Crippen molar-refractivity contribution in [3.63, 3.8) is 0 Å². The number of carbonyl (C=O) groups is 4. The Morgan fingerprint density at radius 3 is 2.03 bits per heavy atom. The molecule has 1 unspecified atom stereocenters. The van der Waals surface area contributed by atoms with Crippen molar-refractivity contribution in [2.45, 2.75) is 51.4 Å². The summed E-state index contributed by atoms with van der Waals surface area (Å²) in [4.78, 5) is 50.6. The van der Waals surface area contributed by atoms with Gasteiger partial charge in [0.15, 0.2) is 14.2 Å². The summed E-state index contributed by atoms with van der Waals surface area (Å²) in [6.45, 7) is 10.7. The molecule has 0 amide bonds. The lowest BCUT2D eigenvalue weighted by molar-refractivity contribution is -0.161. The fourth-order valence-corrected chi connectivity index (χ4v) is 4.40. The molecule has 172 valence electrons. The van der Waals surface area contributed by atoms with Gasteiger partial charge in [0.1, 0.15) is 5.92 Å². The number of ether oxygens (including phenoxy) is 3.